The first-order chi connectivity index (χ1) is 9.78. The van der Waals surface area contributed by atoms with Crippen molar-refractivity contribution >= 4 is 0 Å². The first-order valence-electron chi connectivity index (χ1n) is 7.55. The van der Waals surface area contributed by atoms with Gasteiger partial charge in [-0.1, -0.05) is 43.7 Å². The highest BCUT2D eigenvalue weighted by atomic mass is 15.3. The van der Waals surface area contributed by atoms with Crippen molar-refractivity contribution in [3.63, 3.8) is 0 Å². The number of benzene rings is 1. The normalized spacial score (nSPS) is 18.5. The van der Waals surface area contributed by atoms with Crippen LogP contribution in [0.1, 0.15) is 43.5 Å². The summed E-state index contributed by atoms with van der Waals surface area (Å²) in [5.41, 5.74) is 2.97. The van der Waals surface area contributed by atoms with Crippen molar-refractivity contribution < 1.29 is 0 Å². The zero-order chi connectivity index (χ0) is 14.0. The van der Waals surface area contributed by atoms with E-state index in [1.54, 1.807) is 0 Å². The van der Waals surface area contributed by atoms with Gasteiger partial charge in [-0.2, -0.15) is 5.10 Å². The Morgan fingerprint density at radius 2 is 2.00 bits per heavy atom. The summed E-state index contributed by atoms with van der Waals surface area (Å²) in [5.74, 6) is 0. The second kappa shape index (κ2) is 5.41. The Morgan fingerprint density at radius 1 is 1.25 bits per heavy atom. The van der Waals surface area contributed by atoms with Gasteiger partial charge in [0.15, 0.2) is 0 Å². The van der Waals surface area contributed by atoms with E-state index in [-0.39, 0.29) is 5.41 Å². The van der Waals surface area contributed by atoms with E-state index in [0.717, 1.165) is 6.54 Å². The molecular weight excluding hydrogens is 246 g/mol. The number of hydrogen-bond donors (Lipinski definition) is 1. The van der Waals surface area contributed by atoms with Gasteiger partial charge in [0.1, 0.15) is 0 Å². The van der Waals surface area contributed by atoms with Crippen molar-refractivity contribution in [2.75, 3.05) is 6.54 Å². The number of likely N-dealkylation sites (N-methyl/N-ethyl adjacent to an activating group) is 1. The Kier molecular flexibility index (Phi) is 3.62. The van der Waals surface area contributed by atoms with Gasteiger partial charge in [-0.25, -0.2) is 0 Å². The van der Waals surface area contributed by atoms with E-state index < -0.39 is 0 Å². The second-order valence-electron chi connectivity index (χ2n) is 5.75. The summed E-state index contributed by atoms with van der Waals surface area (Å²) in [4.78, 5) is 0. The molecule has 3 rings (SSSR count). The lowest BCUT2D eigenvalue weighted by Gasteiger charge is -2.48. The van der Waals surface area contributed by atoms with Gasteiger partial charge in [0.2, 0.25) is 0 Å². The zero-order valence-electron chi connectivity index (χ0n) is 12.3. The average Bonchev–Trinajstić information content (AvgIpc) is 2.84. The lowest BCUT2D eigenvalue weighted by molar-refractivity contribution is 0.165. The molecule has 1 fully saturated rings. The third-order valence-electron chi connectivity index (χ3n) is 4.71. The van der Waals surface area contributed by atoms with Crippen molar-refractivity contribution in [3.8, 4) is 0 Å². The molecule has 0 bridgehead atoms. The third-order valence-corrected chi connectivity index (χ3v) is 4.71. The van der Waals surface area contributed by atoms with Crippen molar-refractivity contribution in [3.05, 3.63) is 53.9 Å². The van der Waals surface area contributed by atoms with Gasteiger partial charge in [0, 0.05) is 18.7 Å². The molecule has 1 aromatic carbocycles. The van der Waals surface area contributed by atoms with Crippen molar-refractivity contribution in [1.82, 2.24) is 15.1 Å². The molecule has 1 atom stereocenters. The Morgan fingerprint density at radius 3 is 2.50 bits per heavy atom. The van der Waals surface area contributed by atoms with Crippen molar-refractivity contribution in [1.29, 1.82) is 0 Å². The van der Waals surface area contributed by atoms with Crippen LogP contribution in [-0.4, -0.2) is 16.3 Å². The Hall–Kier alpha value is -1.61. The number of nitrogens with one attached hydrogen (secondary N) is 1. The van der Waals surface area contributed by atoms with Gasteiger partial charge >= 0.3 is 0 Å². The first-order valence-corrected chi connectivity index (χ1v) is 7.55. The van der Waals surface area contributed by atoms with E-state index in [9.17, 15) is 0 Å². The fraction of sp³-hybridized carbons (Fsp3) is 0.471. The van der Waals surface area contributed by atoms with Crippen LogP contribution in [0.25, 0.3) is 0 Å². The number of aromatic nitrogens is 2. The topological polar surface area (TPSA) is 29.9 Å². The Labute approximate surface area is 121 Å². The molecule has 3 nitrogen and oxygen atoms in total. The third kappa shape index (κ3) is 2.06. The van der Waals surface area contributed by atoms with Crippen LogP contribution in [0.5, 0.6) is 0 Å². The monoisotopic (exact) mass is 269 g/mol. The fourth-order valence-corrected chi connectivity index (χ4v) is 3.53. The van der Waals surface area contributed by atoms with Crippen LogP contribution in [0.2, 0.25) is 0 Å². The number of aryl methyl sites for hydroxylation is 1. The van der Waals surface area contributed by atoms with Gasteiger partial charge in [-0.15, -0.1) is 0 Å². The van der Waals surface area contributed by atoms with Crippen molar-refractivity contribution in [2.24, 2.45) is 7.05 Å². The van der Waals surface area contributed by atoms with E-state index in [2.05, 4.69) is 53.7 Å². The lowest BCUT2D eigenvalue weighted by Crippen LogP contribution is -2.47. The second-order valence-corrected chi connectivity index (χ2v) is 5.75. The molecule has 0 aliphatic heterocycles. The maximum absolute atomic E-state index is 4.36. The Balaban J connectivity index is 2.03. The average molecular weight is 269 g/mol. The van der Waals surface area contributed by atoms with Crippen LogP contribution >= 0.6 is 0 Å². The first kappa shape index (κ1) is 13.4. The quantitative estimate of drug-likeness (QED) is 0.903. The fourth-order valence-electron chi connectivity index (χ4n) is 3.53. The van der Waals surface area contributed by atoms with Gasteiger partial charge in [-0.3, -0.25) is 4.68 Å². The predicted molar refractivity (Wildman–Crippen MR) is 81.6 cm³/mol. The molecule has 0 radical (unpaired) electrons. The van der Waals surface area contributed by atoms with Gasteiger partial charge in [0.25, 0.3) is 0 Å². The summed E-state index contributed by atoms with van der Waals surface area (Å²) in [6, 6.07) is 13.5. The largest absolute Gasteiger partial charge is 0.308 e. The summed E-state index contributed by atoms with van der Waals surface area (Å²) in [7, 11) is 2.04. The van der Waals surface area contributed by atoms with E-state index in [4.69, 9.17) is 0 Å². The molecule has 1 aliphatic rings. The number of hydrogen-bond acceptors (Lipinski definition) is 2. The maximum Gasteiger partial charge on any atom is 0.0589 e. The van der Waals surface area contributed by atoms with Crippen LogP contribution < -0.4 is 5.32 Å². The molecule has 1 unspecified atom stereocenters. The molecule has 1 saturated carbocycles. The molecule has 1 aliphatic carbocycles. The SMILES string of the molecule is CCNC(c1ccnn1C)C1(c2ccccc2)CCC1. The van der Waals surface area contributed by atoms with Crippen LogP contribution in [0, 0.1) is 0 Å². The van der Waals surface area contributed by atoms with Gasteiger partial charge < -0.3 is 5.32 Å². The summed E-state index contributed by atoms with van der Waals surface area (Å²) in [6.45, 7) is 3.16. The molecule has 2 aromatic rings. The zero-order valence-corrected chi connectivity index (χ0v) is 12.3. The number of nitrogens with zero attached hydrogens (tertiary/aromatic N) is 2. The minimum atomic E-state index is 0.227. The van der Waals surface area contributed by atoms with Crippen LogP contribution in [0.15, 0.2) is 42.6 Å². The van der Waals surface area contributed by atoms with Crippen LogP contribution in [0.3, 0.4) is 0 Å². The summed E-state index contributed by atoms with van der Waals surface area (Å²) in [5, 5.41) is 8.07. The highest BCUT2D eigenvalue weighted by Crippen LogP contribution is 2.51. The maximum atomic E-state index is 4.36. The van der Waals surface area contributed by atoms with Crippen LogP contribution in [0.4, 0.5) is 0 Å². The molecule has 0 spiro atoms. The summed E-state index contributed by atoms with van der Waals surface area (Å²) >= 11 is 0. The summed E-state index contributed by atoms with van der Waals surface area (Å²) in [6.07, 6.45) is 5.71. The Bertz CT molecular complexity index is 555. The molecule has 1 heterocycles. The van der Waals surface area contributed by atoms with Crippen molar-refractivity contribution in [2.45, 2.75) is 37.6 Å². The molecule has 3 heteroatoms. The number of rotatable bonds is 5. The molecule has 1 aromatic heterocycles. The highest BCUT2D eigenvalue weighted by Gasteiger charge is 2.46. The smallest absolute Gasteiger partial charge is 0.0589 e. The van der Waals surface area contributed by atoms with Crippen LogP contribution in [-0.2, 0) is 12.5 Å². The molecule has 1 N–H and O–H groups in total. The standard InChI is InChI=1S/C17H23N3/c1-3-18-16(15-10-13-19-20(15)2)17(11-7-12-17)14-8-5-4-6-9-14/h4-6,8-10,13,16,18H,3,7,11-12H2,1-2H3. The summed E-state index contributed by atoms with van der Waals surface area (Å²) < 4.78 is 2.01. The van der Waals surface area contributed by atoms with E-state index in [0.29, 0.717) is 6.04 Å². The van der Waals surface area contributed by atoms with E-state index >= 15 is 0 Å². The minimum Gasteiger partial charge on any atom is -0.308 e. The lowest BCUT2D eigenvalue weighted by atomic mass is 9.59. The van der Waals surface area contributed by atoms with Gasteiger partial charge in [-0.05, 0) is 31.0 Å². The minimum absolute atomic E-state index is 0.227. The van der Waals surface area contributed by atoms with Gasteiger partial charge in [0.05, 0.1) is 11.7 Å². The predicted octanol–water partition coefficient (Wildman–Crippen LogP) is 3.19. The highest BCUT2D eigenvalue weighted by molar-refractivity contribution is 5.33. The molecule has 0 saturated heterocycles. The molecule has 20 heavy (non-hydrogen) atoms. The van der Waals surface area contributed by atoms with E-state index in [1.165, 1.54) is 30.5 Å². The molecular formula is C17H23N3. The molecule has 106 valence electrons. The molecule has 0 amide bonds. The van der Waals surface area contributed by atoms with E-state index in [1.807, 2.05) is 17.9 Å².